The van der Waals surface area contributed by atoms with Gasteiger partial charge in [-0.05, 0) is 91.3 Å². The maximum atomic E-state index is 2.69. The summed E-state index contributed by atoms with van der Waals surface area (Å²) in [6.07, 6.45) is 14.8. The number of rotatable bonds is 10. The van der Waals surface area contributed by atoms with Crippen LogP contribution in [-0.2, 0) is 0 Å². The molecule has 0 aliphatic heterocycles. The van der Waals surface area contributed by atoms with Crippen LogP contribution in [0.1, 0.15) is 120 Å². The predicted molar refractivity (Wildman–Crippen MR) is 122 cm³/mol. The highest BCUT2D eigenvalue weighted by Gasteiger charge is 2.56. The summed E-state index contributed by atoms with van der Waals surface area (Å²) < 4.78 is 0. The Balaban J connectivity index is 2.41. The van der Waals surface area contributed by atoms with Crippen molar-refractivity contribution in [3.8, 4) is 0 Å². The lowest BCUT2D eigenvalue weighted by Crippen LogP contribution is -2.54. The van der Waals surface area contributed by atoms with Crippen molar-refractivity contribution < 1.29 is 0 Å². The summed E-state index contributed by atoms with van der Waals surface area (Å²) in [5, 5.41) is 0. The van der Waals surface area contributed by atoms with Crippen LogP contribution in [0, 0.1) is 52.8 Å². The minimum atomic E-state index is 0.623. The summed E-state index contributed by atoms with van der Waals surface area (Å²) >= 11 is 0. The van der Waals surface area contributed by atoms with Gasteiger partial charge >= 0.3 is 0 Å². The average Bonchev–Trinajstić information content (AvgIpc) is 2.58. The molecule has 27 heavy (non-hydrogen) atoms. The second-order valence-corrected chi connectivity index (χ2v) is 11.7. The second kappa shape index (κ2) is 10.2. The largest absolute Gasteiger partial charge is 0.0651 e. The van der Waals surface area contributed by atoms with Gasteiger partial charge in [0.2, 0.25) is 0 Å². The first-order chi connectivity index (χ1) is 12.7. The summed E-state index contributed by atoms with van der Waals surface area (Å²) in [7, 11) is 0. The van der Waals surface area contributed by atoms with E-state index in [1.54, 1.807) is 6.42 Å². The smallest absolute Gasteiger partial charge is 0.0187 e. The van der Waals surface area contributed by atoms with Gasteiger partial charge < -0.3 is 0 Å². The first-order valence-electron chi connectivity index (χ1n) is 12.7. The van der Waals surface area contributed by atoms with Crippen molar-refractivity contribution in [1.29, 1.82) is 0 Å². The molecule has 2 fully saturated rings. The van der Waals surface area contributed by atoms with E-state index in [1.165, 1.54) is 57.8 Å². The van der Waals surface area contributed by atoms with Crippen LogP contribution >= 0.6 is 0 Å². The average molecular weight is 377 g/mol. The summed E-state index contributed by atoms with van der Waals surface area (Å²) in [6, 6.07) is 0. The molecule has 0 spiro atoms. The standard InChI is InChI=1S/C27H52/c1-9-24(13-11-19(3)4)27(25(10-2)14-12-20(5)6)22(8)17-23-15-21(7)16-26(27)18-23/h19-26H,9-18H2,1-8H3. The topological polar surface area (TPSA) is 0 Å². The molecule has 0 radical (unpaired) electrons. The molecule has 0 aromatic heterocycles. The predicted octanol–water partition coefficient (Wildman–Crippen LogP) is 8.99. The van der Waals surface area contributed by atoms with Crippen molar-refractivity contribution in [2.45, 2.75) is 120 Å². The molecule has 2 saturated carbocycles. The van der Waals surface area contributed by atoms with Crippen LogP contribution in [-0.4, -0.2) is 0 Å². The highest BCUT2D eigenvalue weighted by molar-refractivity contribution is 5.05. The van der Waals surface area contributed by atoms with Crippen LogP contribution in [0.2, 0.25) is 0 Å². The Labute approximate surface area is 172 Å². The third-order valence-electron chi connectivity index (χ3n) is 8.87. The van der Waals surface area contributed by atoms with Crippen LogP contribution in [0.5, 0.6) is 0 Å². The minimum Gasteiger partial charge on any atom is -0.0651 e. The fourth-order valence-electron chi connectivity index (χ4n) is 7.94. The third-order valence-corrected chi connectivity index (χ3v) is 8.87. The zero-order valence-corrected chi connectivity index (χ0v) is 20.2. The summed E-state index contributed by atoms with van der Waals surface area (Å²) in [4.78, 5) is 0. The molecule has 0 amide bonds. The van der Waals surface area contributed by atoms with E-state index < -0.39 is 0 Å². The first kappa shape index (κ1) is 23.3. The van der Waals surface area contributed by atoms with Gasteiger partial charge in [0.05, 0.1) is 0 Å². The highest BCUT2D eigenvalue weighted by atomic mass is 14.6. The van der Waals surface area contributed by atoms with E-state index in [-0.39, 0.29) is 0 Å². The van der Waals surface area contributed by atoms with Gasteiger partial charge in [0.15, 0.2) is 0 Å². The maximum Gasteiger partial charge on any atom is -0.0187 e. The third kappa shape index (κ3) is 5.14. The van der Waals surface area contributed by atoms with E-state index in [1.807, 2.05) is 0 Å². The lowest BCUT2D eigenvalue weighted by molar-refractivity contribution is -0.130. The monoisotopic (exact) mass is 376 g/mol. The zero-order chi connectivity index (χ0) is 20.2. The van der Waals surface area contributed by atoms with Gasteiger partial charge in [-0.2, -0.15) is 0 Å². The van der Waals surface area contributed by atoms with E-state index in [2.05, 4.69) is 55.4 Å². The molecule has 0 N–H and O–H groups in total. The molecule has 0 aromatic rings. The molecule has 0 nitrogen and oxygen atoms in total. The minimum absolute atomic E-state index is 0.623. The fraction of sp³-hybridized carbons (Fsp3) is 1.00. The van der Waals surface area contributed by atoms with Gasteiger partial charge in [0, 0.05) is 0 Å². The number of hydrogen-bond donors (Lipinski definition) is 0. The van der Waals surface area contributed by atoms with E-state index in [0.29, 0.717) is 5.41 Å². The van der Waals surface area contributed by atoms with E-state index in [0.717, 1.165) is 47.3 Å². The van der Waals surface area contributed by atoms with Crippen molar-refractivity contribution in [2.24, 2.45) is 52.8 Å². The van der Waals surface area contributed by atoms with E-state index in [9.17, 15) is 0 Å². The van der Waals surface area contributed by atoms with Crippen LogP contribution < -0.4 is 0 Å². The quantitative estimate of drug-likeness (QED) is 0.357. The summed E-state index contributed by atoms with van der Waals surface area (Å²) in [5.74, 6) is 7.53. The molecule has 6 atom stereocenters. The van der Waals surface area contributed by atoms with Crippen molar-refractivity contribution in [2.75, 3.05) is 0 Å². The Morgan fingerprint density at radius 2 is 1.22 bits per heavy atom. The molecule has 2 rings (SSSR count). The van der Waals surface area contributed by atoms with Gasteiger partial charge in [0.25, 0.3) is 0 Å². The Bertz CT molecular complexity index is 396. The Kier molecular flexibility index (Phi) is 8.76. The van der Waals surface area contributed by atoms with Crippen molar-refractivity contribution in [1.82, 2.24) is 0 Å². The van der Waals surface area contributed by atoms with Crippen LogP contribution in [0.15, 0.2) is 0 Å². The van der Waals surface area contributed by atoms with Crippen molar-refractivity contribution in [3.63, 3.8) is 0 Å². The molecule has 0 heterocycles. The van der Waals surface area contributed by atoms with Gasteiger partial charge in [0.1, 0.15) is 0 Å². The van der Waals surface area contributed by atoms with Crippen molar-refractivity contribution in [3.05, 3.63) is 0 Å². The summed E-state index contributed by atoms with van der Waals surface area (Å²) in [5.41, 5.74) is 0.623. The maximum absolute atomic E-state index is 2.69. The van der Waals surface area contributed by atoms with Gasteiger partial charge in [-0.15, -0.1) is 0 Å². The molecule has 6 unspecified atom stereocenters. The van der Waals surface area contributed by atoms with Crippen LogP contribution in [0.4, 0.5) is 0 Å². The van der Waals surface area contributed by atoms with Gasteiger partial charge in [-0.25, -0.2) is 0 Å². The number of hydrogen-bond acceptors (Lipinski definition) is 0. The fourth-order valence-corrected chi connectivity index (χ4v) is 7.94. The van der Waals surface area contributed by atoms with E-state index >= 15 is 0 Å². The normalized spacial score (nSPS) is 36.2. The van der Waals surface area contributed by atoms with Crippen molar-refractivity contribution >= 4 is 0 Å². The second-order valence-electron chi connectivity index (χ2n) is 11.7. The lowest BCUT2D eigenvalue weighted by Gasteiger charge is -2.62. The van der Waals surface area contributed by atoms with E-state index in [4.69, 9.17) is 0 Å². The zero-order valence-electron chi connectivity index (χ0n) is 20.2. The van der Waals surface area contributed by atoms with Crippen LogP contribution in [0.3, 0.4) is 0 Å². The van der Waals surface area contributed by atoms with Gasteiger partial charge in [-0.1, -0.05) is 81.1 Å². The molecular formula is C27H52. The lowest BCUT2D eigenvalue weighted by atomic mass is 9.43. The molecule has 0 aromatic carbocycles. The Hall–Kier alpha value is 0. The van der Waals surface area contributed by atoms with Crippen LogP contribution in [0.25, 0.3) is 0 Å². The SMILES string of the molecule is CCC(CCC(C)C)C1(C(CC)CCC(C)C)C(C)CC2CC(C)CC1C2. The molecule has 160 valence electrons. The highest BCUT2D eigenvalue weighted by Crippen LogP contribution is 2.64. The molecule has 2 bridgehead atoms. The Morgan fingerprint density at radius 1 is 0.704 bits per heavy atom. The molecule has 2 aliphatic rings. The molecule has 0 heteroatoms. The number of fused-ring (bicyclic) bond motifs is 2. The molecular weight excluding hydrogens is 324 g/mol. The molecule has 2 aliphatic carbocycles. The first-order valence-corrected chi connectivity index (χ1v) is 12.7. The Morgan fingerprint density at radius 3 is 1.67 bits per heavy atom. The van der Waals surface area contributed by atoms with Gasteiger partial charge in [-0.3, -0.25) is 0 Å². The summed E-state index contributed by atoms with van der Waals surface area (Å²) in [6.45, 7) is 20.0. The molecule has 0 saturated heterocycles.